The van der Waals surface area contributed by atoms with Gasteiger partial charge in [0.2, 0.25) is 0 Å². The van der Waals surface area contributed by atoms with Crippen LogP contribution in [-0.2, 0) is 6.42 Å². The van der Waals surface area contributed by atoms with E-state index in [1.165, 1.54) is 4.88 Å². The number of rotatable bonds is 4. The van der Waals surface area contributed by atoms with Crippen LogP contribution in [0.4, 0.5) is 0 Å². The molecule has 1 heterocycles. The summed E-state index contributed by atoms with van der Waals surface area (Å²) in [6.07, 6.45) is 0.996. The summed E-state index contributed by atoms with van der Waals surface area (Å²) in [4.78, 5) is 15.9. The largest absolute Gasteiger partial charge is 0.337 e. The van der Waals surface area contributed by atoms with Gasteiger partial charge in [-0.15, -0.1) is 11.3 Å². The maximum Gasteiger partial charge on any atom is 0.263 e. The molecule has 2 nitrogen and oxygen atoms in total. The van der Waals surface area contributed by atoms with E-state index in [-0.39, 0.29) is 11.9 Å². The van der Waals surface area contributed by atoms with Crippen molar-refractivity contribution in [3.63, 3.8) is 0 Å². The Labute approximate surface area is 103 Å². The third-order valence-corrected chi connectivity index (χ3v) is 4.58. The second-order valence-electron chi connectivity index (χ2n) is 3.54. The fourth-order valence-electron chi connectivity index (χ4n) is 1.16. The molecule has 1 rings (SSSR count). The van der Waals surface area contributed by atoms with Gasteiger partial charge >= 0.3 is 0 Å². The Kier molecular flexibility index (Phi) is 4.80. The molecule has 0 N–H and O–H groups in total. The van der Waals surface area contributed by atoms with Crippen molar-refractivity contribution in [1.29, 1.82) is 0 Å². The van der Waals surface area contributed by atoms with E-state index < -0.39 is 0 Å². The van der Waals surface area contributed by atoms with E-state index in [1.807, 2.05) is 26.1 Å². The minimum absolute atomic E-state index is 0.117. The van der Waals surface area contributed by atoms with Crippen molar-refractivity contribution in [3.8, 4) is 0 Å². The summed E-state index contributed by atoms with van der Waals surface area (Å²) in [5.41, 5.74) is 0. The van der Waals surface area contributed by atoms with Crippen molar-refractivity contribution in [2.45, 2.75) is 26.3 Å². The highest BCUT2D eigenvalue weighted by molar-refractivity contribution is 9.09. The third kappa shape index (κ3) is 3.05. The molecule has 0 aliphatic rings. The lowest BCUT2D eigenvalue weighted by Crippen LogP contribution is -2.35. The normalized spacial score (nSPS) is 12.5. The monoisotopic (exact) mass is 289 g/mol. The Morgan fingerprint density at radius 3 is 2.73 bits per heavy atom. The van der Waals surface area contributed by atoms with Crippen molar-refractivity contribution >= 4 is 33.2 Å². The molecule has 15 heavy (non-hydrogen) atoms. The first-order valence-electron chi connectivity index (χ1n) is 5.02. The van der Waals surface area contributed by atoms with Gasteiger partial charge < -0.3 is 4.90 Å². The molecule has 4 heteroatoms. The number of aryl methyl sites for hydroxylation is 1. The molecule has 0 aromatic carbocycles. The fourth-order valence-corrected chi connectivity index (χ4v) is 2.52. The van der Waals surface area contributed by atoms with Gasteiger partial charge in [-0.25, -0.2) is 0 Å². The molecule has 0 aliphatic carbocycles. The Bertz CT molecular complexity index is 337. The van der Waals surface area contributed by atoms with E-state index in [0.29, 0.717) is 0 Å². The van der Waals surface area contributed by atoms with Crippen molar-refractivity contribution in [3.05, 3.63) is 21.9 Å². The zero-order chi connectivity index (χ0) is 11.4. The standard InChI is InChI=1S/C11H16BrNOS/c1-4-9-5-6-10(15-9)11(14)13(3)8(2)7-12/h5-6,8H,4,7H2,1-3H3. The zero-order valence-corrected chi connectivity index (χ0v) is 11.7. The van der Waals surface area contributed by atoms with Crippen LogP contribution >= 0.6 is 27.3 Å². The topological polar surface area (TPSA) is 20.3 Å². The number of nitrogens with zero attached hydrogens (tertiary/aromatic N) is 1. The molecule has 1 atom stereocenters. The van der Waals surface area contributed by atoms with Crippen LogP contribution in [0.3, 0.4) is 0 Å². The molecule has 0 fully saturated rings. The Hall–Kier alpha value is -0.350. The van der Waals surface area contributed by atoms with E-state index in [0.717, 1.165) is 16.6 Å². The van der Waals surface area contributed by atoms with Gasteiger partial charge in [0.1, 0.15) is 0 Å². The van der Waals surface area contributed by atoms with Crippen LogP contribution in [0.25, 0.3) is 0 Å². The smallest absolute Gasteiger partial charge is 0.263 e. The van der Waals surface area contributed by atoms with E-state index in [4.69, 9.17) is 0 Å². The summed E-state index contributed by atoms with van der Waals surface area (Å²) in [5.74, 6) is 0.117. The summed E-state index contributed by atoms with van der Waals surface area (Å²) in [6, 6.07) is 4.18. The summed E-state index contributed by atoms with van der Waals surface area (Å²) >= 11 is 4.98. The number of alkyl halides is 1. The number of amides is 1. The Balaban J connectivity index is 2.75. The van der Waals surface area contributed by atoms with Crippen molar-refractivity contribution < 1.29 is 4.79 Å². The van der Waals surface area contributed by atoms with Crippen LogP contribution in [0, 0.1) is 0 Å². The highest BCUT2D eigenvalue weighted by atomic mass is 79.9. The lowest BCUT2D eigenvalue weighted by atomic mass is 10.3. The minimum atomic E-state index is 0.117. The molecular weight excluding hydrogens is 274 g/mol. The molecule has 1 unspecified atom stereocenters. The lowest BCUT2D eigenvalue weighted by molar-refractivity contribution is 0.0763. The van der Waals surface area contributed by atoms with Crippen LogP contribution in [0.5, 0.6) is 0 Å². The first-order chi connectivity index (χ1) is 7.10. The first-order valence-corrected chi connectivity index (χ1v) is 6.95. The van der Waals surface area contributed by atoms with E-state index in [2.05, 4.69) is 22.9 Å². The molecule has 1 aromatic rings. The number of carbonyl (C=O) groups is 1. The van der Waals surface area contributed by atoms with Crippen LogP contribution in [0.1, 0.15) is 28.4 Å². The quantitative estimate of drug-likeness (QED) is 0.780. The molecule has 1 amide bonds. The molecule has 0 radical (unpaired) electrons. The molecule has 84 valence electrons. The minimum Gasteiger partial charge on any atom is -0.337 e. The van der Waals surface area contributed by atoms with Gasteiger partial charge in [0.15, 0.2) is 0 Å². The number of hydrogen-bond acceptors (Lipinski definition) is 2. The highest BCUT2D eigenvalue weighted by Gasteiger charge is 2.17. The second kappa shape index (κ2) is 5.66. The molecule has 0 bridgehead atoms. The molecule has 0 spiro atoms. The highest BCUT2D eigenvalue weighted by Crippen LogP contribution is 2.19. The van der Waals surface area contributed by atoms with E-state index in [9.17, 15) is 4.79 Å². The van der Waals surface area contributed by atoms with Gasteiger partial charge in [0, 0.05) is 23.3 Å². The molecule has 0 saturated heterocycles. The summed E-state index contributed by atoms with van der Waals surface area (Å²) in [6.45, 7) is 4.13. The Morgan fingerprint density at radius 2 is 2.27 bits per heavy atom. The molecule has 0 saturated carbocycles. The summed E-state index contributed by atoms with van der Waals surface area (Å²) < 4.78 is 0. The van der Waals surface area contributed by atoms with Gasteiger partial charge in [-0.1, -0.05) is 22.9 Å². The van der Waals surface area contributed by atoms with Crippen molar-refractivity contribution in [2.75, 3.05) is 12.4 Å². The SMILES string of the molecule is CCc1ccc(C(=O)N(C)C(C)CBr)s1. The molecule has 0 aliphatic heterocycles. The molecular formula is C11H16BrNOS. The van der Waals surface area contributed by atoms with E-state index >= 15 is 0 Å². The summed E-state index contributed by atoms with van der Waals surface area (Å²) in [5, 5.41) is 0.807. The van der Waals surface area contributed by atoms with Gasteiger partial charge in [-0.2, -0.15) is 0 Å². The van der Waals surface area contributed by atoms with Gasteiger partial charge in [0.05, 0.1) is 4.88 Å². The fraction of sp³-hybridized carbons (Fsp3) is 0.545. The first kappa shape index (κ1) is 12.7. The Morgan fingerprint density at radius 1 is 1.60 bits per heavy atom. The predicted molar refractivity (Wildman–Crippen MR) is 69.0 cm³/mol. The zero-order valence-electron chi connectivity index (χ0n) is 9.29. The van der Waals surface area contributed by atoms with E-state index in [1.54, 1.807) is 16.2 Å². The summed E-state index contributed by atoms with van der Waals surface area (Å²) in [7, 11) is 1.85. The van der Waals surface area contributed by atoms with Crippen LogP contribution in [0.2, 0.25) is 0 Å². The van der Waals surface area contributed by atoms with Gasteiger partial charge in [-0.3, -0.25) is 4.79 Å². The van der Waals surface area contributed by atoms with Crippen LogP contribution in [0.15, 0.2) is 12.1 Å². The van der Waals surface area contributed by atoms with Gasteiger partial charge in [0.25, 0.3) is 5.91 Å². The molecule has 1 aromatic heterocycles. The van der Waals surface area contributed by atoms with Crippen molar-refractivity contribution in [2.24, 2.45) is 0 Å². The van der Waals surface area contributed by atoms with Crippen LogP contribution < -0.4 is 0 Å². The predicted octanol–water partition coefficient (Wildman–Crippen LogP) is 3.17. The third-order valence-electron chi connectivity index (χ3n) is 2.43. The maximum absolute atomic E-state index is 12.0. The number of hydrogen-bond donors (Lipinski definition) is 0. The average Bonchev–Trinajstić information content (AvgIpc) is 2.74. The second-order valence-corrected chi connectivity index (χ2v) is 5.35. The van der Waals surface area contributed by atoms with Gasteiger partial charge in [-0.05, 0) is 25.5 Å². The number of thiophene rings is 1. The maximum atomic E-state index is 12.0. The van der Waals surface area contributed by atoms with Crippen LogP contribution in [-0.4, -0.2) is 29.2 Å². The average molecular weight is 290 g/mol. The number of halogens is 1. The lowest BCUT2D eigenvalue weighted by Gasteiger charge is -2.22. The van der Waals surface area contributed by atoms with Crippen molar-refractivity contribution in [1.82, 2.24) is 4.90 Å². The number of carbonyl (C=O) groups excluding carboxylic acids is 1.